The van der Waals surface area contributed by atoms with Crippen LogP contribution in [0.2, 0.25) is 0 Å². The predicted octanol–water partition coefficient (Wildman–Crippen LogP) is 0.551. The number of esters is 1. The largest absolute Gasteiger partial charge is 0.469 e. The minimum Gasteiger partial charge on any atom is -0.469 e. The molecule has 7 nitrogen and oxygen atoms in total. The van der Waals surface area contributed by atoms with Crippen LogP contribution in [0.4, 0.5) is 0 Å². The first kappa shape index (κ1) is 12.7. The van der Waals surface area contributed by atoms with E-state index in [4.69, 9.17) is 4.74 Å². The van der Waals surface area contributed by atoms with Crippen LogP contribution in [0.25, 0.3) is 0 Å². The van der Waals surface area contributed by atoms with Crippen LogP contribution >= 0.6 is 0 Å². The van der Waals surface area contributed by atoms with Gasteiger partial charge in [-0.25, -0.2) is 0 Å². The van der Waals surface area contributed by atoms with Crippen molar-refractivity contribution in [3.05, 3.63) is 10.1 Å². The van der Waals surface area contributed by atoms with Crippen molar-refractivity contribution in [2.75, 3.05) is 14.2 Å². The van der Waals surface area contributed by atoms with E-state index in [1.54, 1.807) is 0 Å². The van der Waals surface area contributed by atoms with Gasteiger partial charge in [0.1, 0.15) is 6.10 Å². The number of methoxy groups -OCH3 is 2. The Morgan fingerprint density at radius 3 is 2.50 bits per heavy atom. The summed E-state index contributed by atoms with van der Waals surface area (Å²) in [6, 6.07) is 0. The van der Waals surface area contributed by atoms with Crippen molar-refractivity contribution in [1.29, 1.82) is 0 Å². The van der Waals surface area contributed by atoms with Gasteiger partial charge in [0.2, 0.25) is 0 Å². The third-order valence-corrected chi connectivity index (χ3v) is 2.79. The molecule has 1 aliphatic rings. The van der Waals surface area contributed by atoms with Gasteiger partial charge in [-0.1, -0.05) is 0 Å². The maximum absolute atomic E-state index is 11.3. The van der Waals surface area contributed by atoms with Crippen molar-refractivity contribution in [2.45, 2.75) is 31.5 Å². The van der Waals surface area contributed by atoms with Crippen molar-refractivity contribution in [2.24, 2.45) is 5.92 Å². The van der Waals surface area contributed by atoms with Crippen LogP contribution in [0.3, 0.4) is 0 Å². The minimum atomic E-state index is -0.851. The second-order valence-corrected chi connectivity index (χ2v) is 3.67. The Morgan fingerprint density at radius 1 is 1.31 bits per heavy atom. The highest BCUT2D eigenvalue weighted by atomic mass is 17.0. The Labute approximate surface area is 92.8 Å². The van der Waals surface area contributed by atoms with Gasteiger partial charge in [-0.3, -0.25) is 4.79 Å². The molecule has 16 heavy (non-hydrogen) atoms. The lowest BCUT2D eigenvalue weighted by Gasteiger charge is -2.32. The monoisotopic (exact) mass is 233 g/mol. The van der Waals surface area contributed by atoms with Crippen molar-refractivity contribution >= 4 is 5.97 Å². The highest BCUT2D eigenvalue weighted by molar-refractivity contribution is 5.72. The van der Waals surface area contributed by atoms with Crippen LogP contribution in [0.1, 0.15) is 19.3 Å². The predicted molar refractivity (Wildman–Crippen MR) is 52.0 cm³/mol. The fourth-order valence-corrected chi connectivity index (χ4v) is 1.97. The van der Waals surface area contributed by atoms with Gasteiger partial charge in [0.05, 0.1) is 19.1 Å². The Hall–Kier alpha value is -1.37. The molecule has 0 saturated heterocycles. The van der Waals surface area contributed by atoms with Gasteiger partial charge >= 0.3 is 5.97 Å². The molecule has 0 aromatic rings. The molecule has 92 valence electrons. The summed E-state index contributed by atoms with van der Waals surface area (Å²) in [6.07, 6.45) is 0.369. The van der Waals surface area contributed by atoms with Crippen molar-refractivity contribution < 1.29 is 24.2 Å². The molecule has 7 heteroatoms. The first-order valence-electron chi connectivity index (χ1n) is 5.00. The van der Waals surface area contributed by atoms with E-state index >= 15 is 0 Å². The van der Waals surface area contributed by atoms with E-state index < -0.39 is 11.2 Å². The molecule has 1 fully saturated rings. The summed E-state index contributed by atoms with van der Waals surface area (Å²) >= 11 is 0. The number of carbonyl (C=O) groups excluding carboxylic acids is 1. The third kappa shape index (κ3) is 3.06. The van der Waals surface area contributed by atoms with Crippen LogP contribution in [-0.2, 0) is 19.1 Å². The standard InChI is InChI=1S/C9H15NO6/c1-14-7-4-3-6(9(11)15-2)5-8(7)16-10(12)13/h6-8H,3-5H2,1-2H3. The molecule has 1 saturated carbocycles. The first-order valence-corrected chi connectivity index (χ1v) is 5.00. The quantitative estimate of drug-likeness (QED) is 0.400. The van der Waals surface area contributed by atoms with Gasteiger partial charge in [-0.05, 0) is 19.3 Å². The number of carbonyl (C=O) groups is 1. The Bertz CT molecular complexity index is 269. The Balaban J connectivity index is 2.61. The second-order valence-electron chi connectivity index (χ2n) is 3.67. The maximum Gasteiger partial charge on any atom is 0.308 e. The van der Waals surface area contributed by atoms with Crippen LogP contribution < -0.4 is 0 Å². The highest BCUT2D eigenvalue weighted by Gasteiger charge is 2.36. The van der Waals surface area contributed by atoms with E-state index in [-0.39, 0.29) is 24.4 Å². The highest BCUT2D eigenvalue weighted by Crippen LogP contribution is 2.29. The lowest BCUT2D eigenvalue weighted by molar-refractivity contribution is -0.771. The Kier molecular flexibility index (Phi) is 4.48. The molecule has 0 aromatic heterocycles. The first-order chi connectivity index (χ1) is 7.58. The molecular formula is C9H15NO6. The number of ether oxygens (including phenoxy) is 2. The van der Waals surface area contributed by atoms with Gasteiger partial charge in [-0.2, -0.15) is 0 Å². The smallest absolute Gasteiger partial charge is 0.308 e. The number of rotatable bonds is 4. The average molecular weight is 233 g/mol. The molecule has 0 radical (unpaired) electrons. The van der Waals surface area contributed by atoms with E-state index in [2.05, 4.69) is 9.57 Å². The van der Waals surface area contributed by atoms with E-state index in [0.29, 0.717) is 12.8 Å². The zero-order valence-corrected chi connectivity index (χ0v) is 9.25. The molecule has 0 heterocycles. The summed E-state index contributed by atoms with van der Waals surface area (Å²) in [7, 11) is 2.77. The molecule has 0 amide bonds. The minimum absolute atomic E-state index is 0.256. The molecule has 0 N–H and O–H groups in total. The van der Waals surface area contributed by atoms with Crippen LogP contribution in [0.15, 0.2) is 0 Å². The number of hydrogen-bond acceptors (Lipinski definition) is 6. The van der Waals surface area contributed by atoms with E-state index in [1.165, 1.54) is 14.2 Å². The van der Waals surface area contributed by atoms with E-state index in [9.17, 15) is 14.9 Å². The van der Waals surface area contributed by atoms with Crippen LogP contribution in [-0.4, -0.2) is 37.5 Å². The molecule has 0 aromatic carbocycles. The average Bonchev–Trinajstić information content (AvgIpc) is 2.27. The van der Waals surface area contributed by atoms with Crippen molar-refractivity contribution in [1.82, 2.24) is 0 Å². The fraction of sp³-hybridized carbons (Fsp3) is 0.889. The lowest BCUT2D eigenvalue weighted by atomic mass is 9.85. The van der Waals surface area contributed by atoms with Gasteiger partial charge in [0.25, 0.3) is 5.09 Å². The van der Waals surface area contributed by atoms with Gasteiger partial charge in [0, 0.05) is 7.11 Å². The molecular weight excluding hydrogens is 218 g/mol. The molecule has 0 bridgehead atoms. The number of hydrogen-bond donors (Lipinski definition) is 0. The second kappa shape index (κ2) is 5.64. The van der Waals surface area contributed by atoms with Crippen molar-refractivity contribution in [3.63, 3.8) is 0 Å². The normalized spacial score (nSPS) is 29.5. The van der Waals surface area contributed by atoms with Crippen LogP contribution in [0.5, 0.6) is 0 Å². The molecule has 0 aliphatic heterocycles. The molecule has 0 spiro atoms. The SMILES string of the molecule is COC(=O)C1CCC(OC)C(O[N+](=O)[O-])C1. The maximum atomic E-state index is 11.3. The van der Waals surface area contributed by atoms with Gasteiger partial charge in [0.15, 0.2) is 0 Å². The lowest BCUT2D eigenvalue weighted by Crippen LogP contribution is -2.40. The van der Waals surface area contributed by atoms with E-state index in [0.717, 1.165) is 0 Å². The fourth-order valence-electron chi connectivity index (χ4n) is 1.97. The number of nitrogens with zero attached hydrogens (tertiary/aromatic N) is 1. The molecule has 1 aliphatic carbocycles. The van der Waals surface area contributed by atoms with Crippen LogP contribution in [0, 0.1) is 16.0 Å². The zero-order chi connectivity index (χ0) is 12.1. The Morgan fingerprint density at radius 2 is 2.00 bits per heavy atom. The van der Waals surface area contributed by atoms with Gasteiger partial charge < -0.3 is 14.3 Å². The summed E-state index contributed by atoms with van der Waals surface area (Å²) < 4.78 is 9.69. The molecule has 3 unspecified atom stereocenters. The summed E-state index contributed by atoms with van der Waals surface area (Å²) in [5.74, 6) is -0.701. The van der Waals surface area contributed by atoms with Gasteiger partial charge in [-0.15, -0.1) is 10.1 Å². The third-order valence-electron chi connectivity index (χ3n) is 2.79. The summed E-state index contributed by atoms with van der Waals surface area (Å²) in [4.78, 5) is 26.1. The topological polar surface area (TPSA) is 87.9 Å². The van der Waals surface area contributed by atoms with E-state index in [1.807, 2.05) is 0 Å². The summed E-state index contributed by atoms with van der Waals surface area (Å²) in [6.45, 7) is 0. The molecule has 1 rings (SSSR count). The summed E-state index contributed by atoms with van der Waals surface area (Å²) in [5.41, 5.74) is 0. The summed E-state index contributed by atoms with van der Waals surface area (Å²) in [5, 5.41) is 9.44. The van der Waals surface area contributed by atoms with Crippen molar-refractivity contribution in [3.8, 4) is 0 Å². The molecule has 3 atom stereocenters. The zero-order valence-electron chi connectivity index (χ0n) is 9.25.